The van der Waals surface area contributed by atoms with Crippen LogP contribution < -0.4 is 0 Å². The quantitative estimate of drug-likeness (QED) is 0.781. The zero-order valence-electron chi connectivity index (χ0n) is 12.3. The molecule has 0 amide bonds. The molecular formula is C15H19ClN2O4. The smallest absolute Gasteiger partial charge is 0.321 e. The van der Waals surface area contributed by atoms with Crippen LogP contribution in [0.3, 0.4) is 0 Å². The fourth-order valence-electron chi connectivity index (χ4n) is 0.625. The van der Waals surface area contributed by atoms with Gasteiger partial charge in [-0.15, -0.1) is 11.6 Å². The maximum Gasteiger partial charge on any atom is 0.321 e. The van der Waals surface area contributed by atoms with Crippen molar-refractivity contribution in [2.45, 2.75) is 19.2 Å². The fraction of sp³-hybridized carbons (Fsp3) is 0.200. The van der Waals surface area contributed by atoms with Crippen molar-refractivity contribution in [3.05, 3.63) is 61.2 Å². The van der Waals surface area contributed by atoms with Crippen LogP contribution >= 0.6 is 11.6 Å². The van der Waals surface area contributed by atoms with Crippen LogP contribution in [0.15, 0.2) is 61.2 Å². The number of alkyl halides is 1. The molecule has 6 nitrogen and oxygen atoms in total. The Hall–Kier alpha value is -2.47. The second-order valence-electron chi connectivity index (χ2n) is 3.52. The van der Waals surface area contributed by atoms with Crippen molar-refractivity contribution in [3.63, 3.8) is 0 Å². The van der Waals surface area contributed by atoms with Crippen molar-refractivity contribution in [1.29, 1.82) is 0 Å². The lowest BCUT2D eigenvalue weighted by molar-refractivity contribution is -0.136. The van der Waals surface area contributed by atoms with Crippen LogP contribution in [-0.2, 0) is 9.59 Å². The minimum absolute atomic E-state index is 0.759. The Balaban J connectivity index is 0. The number of rotatable bonds is 1. The Kier molecular flexibility index (Phi) is 16.4. The molecule has 2 heterocycles. The third-order valence-electron chi connectivity index (χ3n) is 1.47. The largest absolute Gasteiger partial charge is 0.481 e. The third kappa shape index (κ3) is 26.2. The van der Waals surface area contributed by atoms with Gasteiger partial charge in [0.05, 0.1) is 0 Å². The Morgan fingerprint density at radius 1 is 0.864 bits per heavy atom. The summed E-state index contributed by atoms with van der Waals surface area (Å²) >= 11 is 5.01. The molecule has 0 radical (unpaired) electrons. The van der Waals surface area contributed by atoms with Crippen LogP contribution in [0.5, 0.6) is 0 Å². The van der Waals surface area contributed by atoms with Crippen LogP contribution in [0.4, 0.5) is 0 Å². The lowest BCUT2D eigenvalue weighted by Crippen LogP contribution is -2.06. The fourth-order valence-corrected chi connectivity index (χ4v) is 0.625. The molecule has 0 saturated heterocycles. The minimum Gasteiger partial charge on any atom is -0.481 e. The maximum atomic E-state index is 9.57. The average molecular weight is 327 g/mol. The zero-order chi connectivity index (χ0) is 17.2. The summed E-state index contributed by atoms with van der Waals surface area (Å²) in [5, 5.41) is 14.5. The van der Waals surface area contributed by atoms with Crippen molar-refractivity contribution in [1.82, 2.24) is 9.97 Å². The summed E-state index contributed by atoms with van der Waals surface area (Å²) in [5.41, 5.74) is 0. The first-order valence-corrected chi connectivity index (χ1v) is 6.58. The molecule has 120 valence electrons. The lowest BCUT2D eigenvalue weighted by Gasteiger charge is -1.86. The van der Waals surface area contributed by atoms with Gasteiger partial charge in [0, 0.05) is 31.7 Å². The molecule has 2 N–H and O–H groups in total. The monoisotopic (exact) mass is 326 g/mol. The van der Waals surface area contributed by atoms with Gasteiger partial charge in [0.15, 0.2) is 0 Å². The van der Waals surface area contributed by atoms with Gasteiger partial charge in [0.25, 0.3) is 5.97 Å². The van der Waals surface area contributed by atoms with E-state index in [4.69, 9.17) is 26.6 Å². The van der Waals surface area contributed by atoms with E-state index >= 15 is 0 Å². The number of aliphatic carboxylic acids is 2. The first kappa shape index (κ1) is 21.8. The number of hydrogen-bond donors (Lipinski definition) is 2. The summed E-state index contributed by atoms with van der Waals surface area (Å²) in [7, 11) is 0. The second kappa shape index (κ2) is 16.6. The first-order valence-electron chi connectivity index (χ1n) is 6.14. The Bertz CT molecular complexity index is 392. The van der Waals surface area contributed by atoms with Gasteiger partial charge >= 0.3 is 5.97 Å². The third-order valence-corrected chi connectivity index (χ3v) is 1.66. The van der Waals surface area contributed by atoms with E-state index in [2.05, 4.69) is 9.97 Å². The lowest BCUT2D eigenvalue weighted by atomic mass is 10.5. The van der Waals surface area contributed by atoms with E-state index in [1.165, 1.54) is 6.92 Å². The van der Waals surface area contributed by atoms with Crippen molar-refractivity contribution in [3.8, 4) is 0 Å². The summed E-state index contributed by atoms with van der Waals surface area (Å²) in [6, 6.07) is 11.4. The van der Waals surface area contributed by atoms with Crippen LogP contribution in [0, 0.1) is 0 Å². The SMILES string of the molecule is CC(=O)O.CC(Cl)C(=O)O.c1ccncc1.c1ccncc1. The van der Waals surface area contributed by atoms with Gasteiger partial charge in [0.1, 0.15) is 5.38 Å². The van der Waals surface area contributed by atoms with E-state index in [0.29, 0.717) is 0 Å². The van der Waals surface area contributed by atoms with E-state index in [1.807, 2.05) is 36.4 Å². The van der Waals surface area contributed by atoms with Gasteiger partial charge in [-0.1, -0.05) is 12.1 Å². The van der Waals surface area contributed by atoms with Gasteiger partial charge in [-0.25, -0.2) is 0 Å². The van der Waals surface area contributed by atoms with Gasteiger partial charge in [-0.3, -0.25) is 19.6 Å². The standard InChI is InChI=1S/2C5H5N.C3H5ClO2.C2H4O2/c2*1-2-4-6-5-3-1;1-2(4)3(5)6;1-2(3)4/h2*1-5H;2H,1H3,(H,5,6);1H3,(H,3,4). The average Bonchev–Trinajstić information content (AvgIpc) is 2.51. The molecule has 2 aromatic rings. The molecule has 0 spiro atoms. The van der Waals surface area contributed by atoms with Gasteiger partial charge in [-0.05, 0) is 31.2 Å². The molecule has 0 fully saturated rings. The van der Waals surface area contributed by atoms with E-state index in [9.17, 15) is 4.79 Å². The van der Waals surface area contributed by atoms with Crippen LogP contribution in [0.25, 0.3) is 0 Å². The molecule has 2 rings (SSSR count). The molecule has 0 bridgehead atoms. The number of carboxylic acids is 2. The molecule has 0 aliphatic rings. The zero-order valence-corrected chi connectivity index (χ0v) is 13.1. The summed E-state index contributed by atoms with van der Waals surface area (Å²) in [4.78, 5) is 26.1. The molecule has 1 atom stereocenters. The molecular weight excluding hydrogens is 308 g/mol. The number of halogens is 1. The van der Waals surface area contributed by atoms with Crippen molar-refractivity contribution >= 4 is 23.5 Å². The maximum absolute atomic E-state index is 9.57. The molecule has 22 heavy (non-hydrogen) atoms. The Morgan fingerprint density at radius 3 is 1.14 bits per heavy atom. The number of pyridine rings is 2. The predicted octanol–water partition coefficient (Wildman–Crippen LogP) is 2.95. The Morgan fingerprint density at radius 2 is 1.09 bits per heavy atom. The van der Waals surface area contributed by atoms with Crippen molar-refractivity contribution < 1.29 is 19.8 Å². The van der Waals surface area contributed by atoms with E-state index < -0.39 is 17.3 Å². The molecule has 0 aromatic carbocycles. The van der Waals surface area contributed by atoms with E-state index in [0.717, 1.165) is 6.92 Å². The highest BCUT2D eigenvalue weighted by Crippen LogP contribution is 1.89. The predicted molar refractivity (Wildman–Crippen MR) is 84.7 cm³/mol. The number of aromatic nitrogens is 2. The van der Waals surface area contributed by atoms with Crippen LogP contribution in [0.2, 0.25) is 0 Å². The number of carbonyl (C=O) groups is 2. The molecule has 7 heteroatoms. The molecule has 1 unspecified atom stereocenters. The van der Waals surface area contributed by atoms with Crippen molar-refractivity contribution in [2.75, 3.05) is 0 Å². The second-order valence-corrected chi connectivity index (χ2v) is 4.18. The topological polar surface area (TPSA) is 100 Å². The van der Waals surface area contributed by atoms with Crippen molar-refractivity contribution in [2.24, 2.45) is 0 Å². The van der Waals surface area contributed by atoms with Gasteiger partial charge in [0.2, 0.25) is 0 Å². The van der Waals surface area contributed by atoms with E-state index in [1.54, 1.807) is 24.8 Å². The summed E-state index contributed by atoms with van der Waals surface area (Å²) < 4.78 is 0. The number of nitrogens with zero attached hydrogens (tertiary/aromatic N) is 2. The number of carboxylic acid groups (broad SMARTS) is 2. The number of hydrogen-bond acceptors (Lipinski definition) is 4. The summed E-state index contributed by atoms with van der Waals surface area (Å²) in [6.07, 6.45) is 7.00. The normalized spacial score (nSPS) is 9.23. The van der Waals surface area contributed by atoms with Crippen LogP contribution in [0.1, 0.15) is 13.8 Å². The molecule has 0 aliphatic heterocycles. The summed E-state index contributed by atoms with van der Waals surface area (Å²) in [6.45, 7) is 2.49. The van der Waals surface area contributed by atoms with E-state index in [-0.39, 0.29) is 0 Å². The highest BCUT2D eigenvalue weighted by atomic mass is 35.5. The highest BCUT2D eigenvalue weighted by molar-refractivity contribution is 6.29. The van der Waals surface area contributed by atoms with Gasteiger partial charge < -0.3 is 10.2 Å². The molecule has 2 aromatic heterocycles. The first-order chi connectivity index (χ1) is 10.4. The van der Waals surface area contributed by atoms with Gasteiger partial charge in [-0.2, -0.15) is 0 Å². The van der Waals surface area contributed by atoms with Crippen LogP contribution in [-0.4, -0.2) is 37.5 Å². The Labute approximate surface area is 134 Å². The molecule has 0 saturated carbocycles. The molecule has 0 aliphatic carbocycles. The highest BCUT2D eigenvalue weighted by Gasteiger charge is 2.02. The summed E-state index contributed by atoms with van der Waals surface area (Å²) in [5.74, 6) is -1.81. The minimum atomic E-state index is -0.975.